The summed E-state index contributed by atoms with van der Waals surface area (Å²) in [5.74, 6) is -0.916. The largest absolute Gasteiger partial charge is 0.377 e. The lowest BCUT2D eigenvalue weighted by molar-refractivity contribution is -0.121. The zero-order valence-electron chi connectivity index (χ0n) is 11.6. The van der Waals surface area contributed by atoms with Crippen LogP contribution in [0.5, 0.6) is 0 Å². The molecule has 1 amide bonds. The highest BCUT2D eigenvalue weighted by atomic mass is 19.1. The van der Waals surface area contributed by atoms with E-state index in [4.69, 9.17) is 10.5 Å². The van der Waals surface area contributed by atoms with Gasteiger partial charge in [-0.2, -0.15) is 0 Å². The van der Waals surface area contributed by atoms with Gasteiger partial charge in [0, 0.05) is 19.2 Å². The molecule has 110 valence electrons. The van der Waals surface area contributed by atoms with E-state index in [0.29, 0.717) is 13.0 Å². The van der Waals surface area contributed by atoms with E-state index in [2.05, 4.69) is 5.32 Å². The molecule has 1 aromatic carbocycles. The topological polar surface area (TPSA) is 64.3 Å². The summed E-state index contributed by atoms with van der Waals surface area (Å²) in [4.78, 5) is 11.5. The number of nitrogens with one attached hydrogen (secondary N) is 1. The van der Waals surface area contributed by atoms with E-state index in [9.17, 15) is 9.18 Å². The average Bonchev–Trinajstić information content (AvgIpc) is 2.82. The number of hydrogen-bond donors (Lipinski definition) is 2. The van der Waals surface area contributed by atoms with Crippen molar-refractivity contribution in [3.63, 3.8) is 0 Å². The predicted octanol–water partition coefficient (Wildman–Crippen LogP) is 1.24. The summed E-state index contributed by atoms with van der Waals surface area (Å²) >= 11 is 0. The summed E-state index contributed by atoms with van der Waals surface area (Å²) in [6.07, 6.45) is 1.63. The average molecular weight is 280 g/mol. The molecule has 0 spiro atoms. The number of halogens is 1. The Morgan fingerprint density at radius 3 is 2.75 bits per heavy atom. The minimum absolute atomic E-state index is 0.161. The van der Waals surface area contributed by atoms with E-state index in [-0.39, 0.29) is 29.8 Å². The van der Waals surface area contributed by atoms with E-state index >= 15 is 0 Å². The smallest absolute Gasteiger partial charge is 0.222 e. The van der Waals surface area contributed by atoms with Crippen LogP contribution in [-0.4, -0.2) is 31.2 Å². The van der Waals surface area contributed by atoms with E-state index < -0.39 is 0 Å². The second-order valence-electron chi connectivity index (χ2n) is 5.31. The lowest BCUT2D eigenvalue weighted by Crippen LogP contribution is -2.42. The molecule has 0 radical (unpaired) electrons. The van der Waals surface area contributed by atoms with Crippen LogP contribution >= 0.6 is 0 Å². The maximum Gasteiger partial charge on any atom is 0.222 e. The van der Waals surface area contributed by atoms with Crippen molar-refractivity contribution in [2.24, 2.45) is 11.7 Å². The van der Waals surface area contributed by atoms with Crippen LogP contribution in [0.25, 0.3) is 0 Å². The van der Waals surface area contributed by atoms with Crippen molar-refractivity contribution >= 4 is 5.91 Å². The minimum atomic E-state index is -0.339. The highest BCUT2D eigenvalue weighted by molar-refractivity contribution is 5.77. The van der Waals surface area contributed by atoms with Gasteiger partial charge in [-0.1, -0.05) is 12.1 Å². The third kappa shape index (κ3) is 4.02. The van der Waals surface area contributed by atoms with Crippen molar-refractivity contribution in [3.05, 3.63) is 35.6 Å². The number of benzene rings is 1. The zero-order valence-corrected chi connectivity index (χ0v) is 11.6. The van der Waals surface area contributed by atoms with Gasteiger partial charge >= 0.3 is 0 Å². The van der Waals surface area contributed by atoms with Crippen LogP contribution in [0.2, 0.25) is 0 Å². The lowest BCUT2D eigenvalue weighted by atomic mass is 9.98. The summed E-state index contributed by atoms with van der Waals surface area (Å²) in [6, 6.07) is 6.44. The molecule has 1 heterocycles. The van der Waals surface area contributed by atoms with Crippen LogP contribution in [0.3, 0.4) is 0 Å². The Hall–Kier alpha value is -1.46. The standard InChI is InChI=1S/C15H21FN2O2/c1-10-14(6-7-20-10)18-9-12(15(17)19)8-11-2-4-13(16)5-3-11/h2-5,10,12,14,18H,6-9H2,1H3,(H2,17,19)/t10-,12-,14+/m0/s1. The molecular formula is C15H21FN2O2. The number of rotatable bonds is 6. The maximum absolute atomic E-state index is 12.9. The molecule has 5 heteroatoms. The number of amides is 1. The van der Waals surface area contributed by atoms with Gasteiger partial charge < -0.3 is 15.8 Å². The van der Waals surface area contributed by atoms with Gasteiger partial charge in [0.05, 0.1) is 12.0 Å². The molecule has 3 atom stereocenters. The first-order chi connectivity index (χ1) is 9.56. The molecule has 3 N–H and O–H groups in total. The number of hydrogen-bond acceptors (Lipinski definition) is 3. The molecule has 1 aliphatic heterocycles. The van der Waals surface area contributed by atoms with Gasteiger partial charge in [0.2, 0.25) is 5.91 Å². The molecule has 1 aliphatic rings. The van der Waals surface area contributed by atoms with Crippen LogP contribution < -0.4 is 11.1 Å². The van der Waals surface area contributed by atoms with Crippen LogP contribution in [0.1, 0.15) is 18.9 Å². The summed E-state index contributed by atoms with van der Waals surface area (Å²) < 4.78 is 18.3. The van der Waals surface area contributed by atoms with Crippen molar-refractivity contribution in [1.29, 1.82) is 0 Å². The highest BCUT2D eigenvalue weighted by Crippen LogP contribution is 2.14. The minimum Gasteiger partial charge on any atom is -0.377 e. The van der Waals surface area contributed by atoms with E-state index in [1.165, 1.54) is 12.1 Å². The molecule has 20 heavy (non-hydrogen) atoms. The van der Waals surface area contributed by atoms with Crippen LogP contribution in [-0.2, 0) is 16.0 Å². The molecule has 0 aromatic heterocycles. The molecule has 1 saturated heterocycles. The zero-order chi connectivity index (χ0) is 14.5. The Morgan fingerprint density at radius 2 is 2.20 bits per heavy atom. The number of ether oxygens (including phenoxy) is 1. The molecular weight excluding hydrogens is 259 g/mol. The second kappa shape index (κ2) is 6.81. The number of carbonyl (C=O) groups is 1. The first kappa shape index (κ1) is 14.9. The van der Waals surface area contributed by atoms with Crippen molar-refractivity contribution in [1.82, 2.24) is 5.32 Å². The summed E-state index contributed by atoms with van der Waals surface area (Å²) in [6.45, 7) is 3.28. The molecule has 0 aliphatic carbocycles. The summed E-state index contributed by atoms with van der Waals surface area (Å²) in [5, 5.41) is 3.34. The van der Waals surface area contributed by atoms with Gasteiger partial charge in [-0.3, -0.25) is 4.79 Å². The van der Waals surface area contributed by atoms with E-state index in [1.54, 1.807) is 12.1 Å². The third-order valence-electron chi connectivity index (χ3n) is 3.80. The van der Waals surface area contributed by atoms with Crippen LogP contribution in [0.15, 0.2) is 24.3 Å². The van der Waals surface area contributed by atoms with Crippen molar-refractivity contribution in [2.45, 2.75) is 31.9 Å². The third-order valence-corrected chi connectivity index (χ3v) is 3.80. The normalized spacial score (nSPS) is 23.7. The summed E-state index contributed by atoms with van der Waals surface area (Å²) in [7, 11) is 0. The molecule has 0 unspecified atom stereocenters. The molecule has 2 rings (SSSR count). The number of carbonyl (C=O) groups excluding carboxylic acids is 1. The lowest BCUT2D eigenvalue weighted by Gasteiger charge is -2.20. The van der Waals surface area contributed by atoms with Crippen molar-refractivity contribution in [3.8, 4) is 0 Å². The van der Waals surface area contributed by atoms with Gasteiger partial charge in [-0.05, 0) is 37.5 Å². The molecule has 0 saturated carbocycles. The van der Waals surface area contributed by atoms with Crippen LogP contribution in [0.4, 0.5) is 4.39 Å². The number of primary amides is 1. The SMILES string of the molecule is C[C@@H]1OCC[C@H]1NC[C@H](Cc1ccc(F)cc1)C(N)=O. The second-order valence-corrected chi connectivity index (χ2v) is 5.31. The fraction of sp³-hybridized carbons (Fsp3) is 0.533. The molecule has 1 aromatic rings. The molecule has 1 fully saturated rings. The predicted molar refractivity (Wildman–Crippen MR) is 74.6 cm³/mol. The van der Waals surface area contributed by atoms with Gasteiger partial charge in [0.15, 0.2) is 0 Å². The van der Waals surface area contributed by atoms with Crippen LogP contribution in [0, 0.1) is 11.7 Å². The van der Waals surface area contributed by atoms with Crippen molar-refractivity contribution < 1.29 is 13.9 Å². The monoisotopic (exact) mass is 280 g/mol. The quantitative estimate of drug-likeness (QED) is 0.824. The Kier molecular flexibility index (Phi) is 5.09. The number of nitrogens with two attached hydrogens (primary N) is 1. The summed E-state index contributed by atoms with van der Waals surface area (Å²) in [5.41, 5.74) is 6.36. The molecule has 0 bridgehead atoms. The van der Waals surface area contributed by atoms with Gasteiger partial charge in [0.1, 0.15) is 5.82 Å². The Morgan fingerprint density at radius 1 is 1.50 bits per heavy atom. The Labute approximate surface area is 118 Å². The van der Waals surface area contributed by atoms with Gasteiger partial charge in [-0.15, -0.1) is 0 Å². The van der Waals surface area contributed by atoms with Gasteiger partial charge in [-0.25, -0.2) is 4.39 Å². The Balaban J connectivity index is 1.90. The fourth-order valence-electron chi connectivity index (χ4n) is 2.47. The highest BCUT2D eigenvalue weighted by Gasteiger charge is 2.25. The molecule has 4 nitrogen and oxygen atoms in total. The fourth-order valence-corrected chi connectivity index (χ4v) is 2.47. The van der Waals surface area contributed by atoms with E-state index in [0.717, 1.165) is 18.6 Å². The Bertz CT molecular complexity index is 450. The van der Waals surface area contributed by atoms with Crippen molar-refractivity contribution in [2.75, 3.05) is 13.2 Å². The first-order valence-corrected chi connectivity index (χ1v) is 6.95. The van der Waals surface area contributed by atoms with E-state index in [1.807, 2.05) is 6.92 Å². The first-order valence-electron chi connectivity index (χ1n) is 6.95. The van der Waals surface area contributed by atoms with Gasteiger partial charge in [0.25, 0.3) is 0 Å². The maximum atomic E-state index is 12.9.